The number of urea groups is 1. The Morgan fingerprint density at radius 1 is 1.47 bits per heavy atom. The third kappa shape index (κ3) is 3.27. The summed E-state index contributed by atoms with van der Waals surface area (Å²) in [6, 6.07) is 1.68. The lowest BCUT2D eigenvalue weighted by atomic mass is 9.97. The van der Waals surface area contributed by atoms with Gasteiger partial charge in [-0.05, 0) is 31.4 Å². The summed E-state index contributed by atoms with van der Waals surface area (Å²) in [5.41, 5.74) is 1.00. The molecule has 0 atom stereocenters. The van der Waals surface area contributed by atoms with Crippen LogP contribution in [0.1, 0.15) is 24.2 Å². The molecule has 0 unspecified atom stereocenters. The van der Waals surface area contributed by atoms with E-state index >= 15 is 0 Å². The largest absolute Gasteiger partial charge is 0.481 e. The zero-order valence-electron chi connectivity index (χ0n) is 10.9. The summed E-state index contributed by atoms with van der Waals surface area (Å²) >= 11 is 0. The maximum atomic E-state index is 11.9. The number of rotatable bonds is 3. The van der Waals surface area contributed by atoms with Crippen LogP contribution in [0.4, 0.5) is 4.79 Å². The van der Waals surface area contributed by atoms with E-state index in [0.717, 1.165) is 11.3 Å². The van der Waals surface area contributed by atoms with Gasteiger partial charge in [0, 0.05) is 13.1 Å². The van der Waals surface area contributed by atoms with Crippen LogP contribution in [0.3, 0.4) is 0 Å². The number of amides is 2. The third-order valence-corrected chi connectivity index (χ3v) is 3.50. The summed E-state index contributed by atoms with van der Waals surface area (Å²) in [6.45, 7) is 3.25. The molecule has 0 aromatic carbocycles. The van der Waals surface area contributed by atoms with E-state index in [0.29, 0.717) is 32.5 Å². The lowest BCUT2D eigenvalue weighted by Gasteiger charge is -2.30. The van der Waals surface area contributed by atoms with Crippen molar-refractivity contribution in [2.24, 2.45) is 5.92 Å². The van der Waals surface area contributed by atoms with Gasteiger partial charge in [-0.3, -0.25) is 4.79 Å². The number of furan rings is 1. The molecule has 2 rings (SSSR count). The van der Waals surface area contributed by atoms with Crippen molar-refractivity contribution in [3.8, 4) is 0 Å². The maximum absolute atomic E-state index is 11.9. The van der Waals surface area contributed by atoms with Gasteiger partial charge in [0.25, 0.3) is 0 Å². The number of nitrogens with one attached hydrogen (secondary N) is 1. The fraction of sp³-hybridized carbons (Fsp3) is 0.538. The second kappa shape index (κ2) is 5.77. The predicted molar refractivity (Wildman–Crippen MR) is 67.6 cm³/mol. The smallest absolute Gasteiger partial charge is 0.317 e. The molecule has 1 aromatic rings. The molecule has 1 aromatic heterocycles. The van der Waals surface area contributed by atoms with E-state index in [2.05, 4.69) is 5.32 Å². The van der Waals surface area contributed by atoms with Crippen LogP contribution in [0.15, 0.2) is 16.7 Å². The molecule has 0 radical (unpaired) electrons. The fourth-order valence-electron chi connectivity index (χ4n) is 2.18. The van der Waals surface area contributed by atoms with Gasteiger partial charge < -0.3 is 19.7 Å². The third-order valence-electron chi connectivity index (χ3n) is 3.50. The molecule has 2 amide bonds. The topological polar surface area (TPSA) is 82.8 Å². The first-order valence-corrected chi connectivity index (χ1v) is 6.36. The van der Waals surface area contributed by atoms with Crippen LogP contribution in [0.2, 0.25) is 0 Å². The second-order valence-electron chi connectivity index (χ2n) is 4.79. The minimum atomic E-state index is -0.772. The molecular formula is C13H18N2O4. The summed E-state index contributed by atoms with van der Waals surface area (Å²) in [7, 11) is 0. The molecule has 19 heavy (non-hydrogen) atoms. The Bertz CT molecular complexity index is 461. The molecule has 6 heteroatoms. The second-order valence-corrected chi connectivity index (χ2v) is 4.79. The van der Waals surface area contributed by atoms with Gasteiger partial charge in [0.05, 0.1) is 18.7 Å². The highest BCUT2D eigenvalue weighted by Gasteiger charge is 2.26. The number of hydrogen-bond acceptors (Lipinski definition) is 3. The SMILES string of the molecule is Cc1ccoc1CNC(=O)N1CCC(C(=O)O)CC1. The Balaban J connectivity index is 1.79. The van der Waals surface area contributed by atoms with Crippen LogP contribution in [0.5, 0.6) is 0 Å². The van der Waals surface area contributed by atoms with Crippen LogP contribution in [0, 0.1) is 12.8 Å². The van der Waals surface area contributed by atoms with Gasteiger partial charge in [-0.25, -0.2) is 4.79 Å². The van der Waals surface area contributed by atoms with Gasteiger partial charge in [-0.2, -0.15) is 0 Å². The van der Waals surface area contributed by atoms with Gasteiger partial charge in [0.1, 0.15) is 5.76 Å². The lowest BCUT2D eigenvalue weighted by molar-refractivity contribution is -0.143. The number of carbonyl (C=O) groups is 2. The highest BCUT2D eigenvalue weighted by molar-refractivity contribution is 5.75. The first kappa shape index (κ1) is 13.5. The Hall–Kier alpha value is -1.98. The van der Waals surface area contributed by atoms with Crippen LogP contribution in [-0.2, 0) is 11.3 Å². The summed E-state index contributed by atoms with van der Waals surface area (Å²) in [6.07, 6.45) is 2.63. The van der Waals surface area contributed by atoms with Crippen molar-refractivity contribution in [3.63, 3.8) is 0 Å². The zero-order valence-corrected chi connectivity index (χ0v) is 10.9. The zero-order chi connectivity index (χ0) is 13.8. The predicted octanol–water partition coefficient (Wildman–Crippen LogP) is 1.59. The summed E-state index contributed by atoms with van der Waals surface area (Å²) in [5, 5.41) is 11.7. The van der Waals surface area contributed by atoms with Crippen molar-refractivity contribution >= 4 is 12.0 Å². The number of carbonyl (C=O) groups excluding carboxylic acids is 1. The van der Waals surface area contributed by atoms with Crippen LogP contribution >= 0.6 is 0 Å². The number of nitrogens with zero attached hydrogens (tertiary/aromatic N) is 1. The van der Waals surface area contributed by atoms with Crippen molar-refractivity contribution in [2.45, 2.75) is 26.3 Å². The first-order chi connectivity index (χ1) is 9.08. The molecule has 1 aliphatic rings. The molecule has 0 bridgehead atoms. The molecule has 1 fully saturated rings. The number of likely N-dealkylation sites (tertiary alicyclic amines) is 1. The van der Waals surface area contributed by atoms with E-state index in [1.165, 1.54) is 0 Å². The summed E-state index contributed by atoms with van der Waals surface area (Å²) < 4.78 is 5.24. The average molecular weight is 266 g/mol. The summed E-state index contributed by atoms with van der Waals surface area (Å²) in [5.74, 6) is -0.351. The average Bonchev–Trinajstić information content (AvgIpc) is 2.81. The number of aliphatic carboxylic acids is 1. The first-order valence-electron chi connectivity index (χ1n) is 6.36. The number of piperidine rings is 1. The van der Waals surface area contributed by atoms with Crippen molar-refractivity contribution in [1.29, 1.82) is 0 Å². The van der Waals surface area contributed by atoms with Crippen LogP contribution in [0.25, 0.3) is 0 Å². The normalized spacial score (nSPS) is 16.4. The van der Waals surface area contributed by atoms with Crippen LogP contribution < -0.4 is 5.32 Å². The molecule has 2 heterocycles. The van der Waals surface area contributed by atoms with Gasteiger partial charge in [0.15, 0.2) is 0 Å². The minimum Gasteiger partial charge on any atom is -0.481 e. The van der Waals surface area contributed by atoms with Crippen LogP contribution in [-0.4, -0.2) is 35.1 Å². The van der Waals surface area contributed by atoms with Crippen molar-refractivity contribution in [1.82, 2.24) is 10.2 Å². The number of aryl methyl sites for hydroxylation is 1. The quantitative estimate of drug-likeness (QED) is 0.870. The fourth-order valence-corrected chi connectivity index (χ4v) is 2.18. The summed E-state index contributed by atoms with van der Waals surface area (Å²) in [4.78, 5) is 24.4. The molecule has 0 aliphatic carbocycles. The molecular weight excluding hydrogens is 248 g/mol. The molecule has 0 saturated carbocycles. The van der Waals surface area contributed by atoms with E-state index in [1.54, 1.807) is 11.2 Å². The maximum Gasteiger partial charge on any atom is 0.317 e. The van der Waals surface area contributed by atoms with E-state index in [-0.39, 0.29) is 11.9 Å². The monoisotopic (exact) mass is 266 g/mol. The molecule has 1 aliphatic heterocycles. The number of carboxylic acid groups (broad SMARTS) is 1. The standard InChI is InChI=1S/C13H18N2O4/c1-9-4-7-19-11(9)8-14-13(18)15-5-2-10(3-6-15)12(16)17/h4,7,10H,2-3,5-6,8H2,1H3,(H,14,18)(H,16,17). The Labute approximate surface area is 111 Å². The molecule has 1 saturated heterocycles. The van der Waals surface area contributed by atoms with Crippen molar-refractivity contribution < 1.29 is 19.1 Å². The van der Waals surface area contributed by atoms with Gasteiger partial charge in [-0.1, -0.05) is 0 Å². The molecule has 6 nitrogen and oxygen atoms in total. The van der Waals surface area contributed by atoms with Crippen molar-refractivity contribution in [2.75, 3.05) is 13.1 Å². The highest BCUT2D eigenvalue weighted by Crippen LogP contribution is 2.17. The minimum absolute atomic E-state index is 0.167. The highest BCUT2D eigenvalue weighted by atomic mass is 16.4. The van der Waals surface area contributed by atoms with Crippen molar-refractivity contribution in [3.05, 3.63) is 23.7 Å². The van der Waals surface area contributed by atoms with Gasteiger partial charge in [0.2, 0.25) is 0 Å². The van der Waals surface area contributed by atoms with E-state index < -0.39 is 5.97 Å². The molecule has 104 valence electrons. The Morgan fingerprint density at radius 3 is 2.68 bits per heavy atom. The molecule has 0 spiro atoms. The van der Waals surface area contributed by atoms with Gasteiger partial charge >= 0.3 is 12.0 Å². The Kier molecular flexibility index (Phi) is 4.09. The number of hydrogen-bond donors (Lipinski definition) is 2. The van der Waals surface area contributed by atoms with Gasteiger partial charge in [-0.15, -0.1) is 0 Å². The van der Waals surface area contributed by atoms with E-state index in [1.807, 2.05) is 13.0 Å². The lowest BCUT2D eigenvalue weighted by Crippen LogP contribution is -2.45. The Morgan fingerprint density at radius 2 is 2.16 bits per heavy atom. The van der Waals surface area contributed by atoms with E-state index in [4.69, 9.17) is 9.52 Å². The van der Waals surface area contributed by atoms with E-state index in [9.17, 15) is 9.59 Å². The molecule has 2 N–H and O–H groups in total. The number of carboxylic acids is 1.